The summed E-state index contributed by atoms with van der Waals surface area (Å²) in [6, 6.07) is 7.76. The molecule has 0 spiro atoms. The summed E-state index contributed by atoms with van der Waals surface area (Å²) in [5, 5.41) is 9.33. The van der Waals surface area contributed by atoms with Gasteiger partial charge in [0.2, 0.25) is 5.91 Å². The number of benzene rings is 1. The Morgan fingerprint density at radius 2 is 2.23 bits per heavy atom. The van der Waals surface area contributed by atoms with E-state index < -0.39 is 0 Å². The van der Waals surface area contributed by atoms with Crippen LogP contribution in [0.5, 0.6) is 5.75 Å². The van der Waals surface area contributed by atoms with Gasteiger partial charge >= 0.3 is 0 Å². The van der Waals surface area contributed by atoms with Crippen LogP contribution in [0, 0.1) is 6.92 Å². The van der Waals surface area contributed by atoms with Crippen LogP contribution < -0.4 is 9.64 Å². The summed E-state index contributed by atoms with van der Waals surface area (Å²) in [5.41, 5.74) is 3.00. The standard InChI is InChI=1S/C22H24N4O3S/c1-4-10-26-21(18-9-12-29-15(18)2)23-24-22(26)30-14-20(27)25-11-5-6-16-13-17(28-3)7-8-19(16)25/h4,7-9,12-13H,1,5-6,10-11,14H2,2-3H3. The quantitative estimate of drug-likeness (QED) is 0.420. The largest absolute Gasteiger partial charge is 0.497 e. The predicted molar refractivity (Wildman–Crippen MR) is 117 cm³/mol. The average Bonchev–Trinajstić information content (AvgIpc) is 3.36. The van der Waals surface area contributed by atoms with Crippen molar-refractivity contribution in [3.63, 3.8) is 0 Å². The molecule has 30 heavy (non-hydrogen) atoms. The number of rotatable bonds is 7. The van der Waals surface area contributed by atoms with Crippen LogP contribution in [-0.4, -0.2) is 40.1 Å². The number of ether oxygens (including phenoxy) is 1. The minimum Gasteiger partial charge on any atom is -0.497 e. The van der Waals surface area contributed by atoms with Crippen molar-refractivity contribution < 1.29 is 13.9 Å². The lowest BCUT2D eigenvalue weighted by atomic mass is 10.0. The van der Waals surface area contributed by atoms with E-state index in [9.17, 15) is 4.79 Å². The first-order valence-corrected chi connectivity index (χ1v) is 10.8. The van der Waals surface area contributed by atoms with E-state index in [1.165, 1.54) is 11.8 Å². The minimum atomic E-state index is 0.0558. The predicted octanol–water partition coefficient (Wildman–Crippen LogP) is 4.11. The Kier molecular flexibility index (Phi) is 5.94. The fourth-order valence-corrected chi connectivity index (χ4v) is 4.49. The molecule has 3 aromatic rings. The molecule has 1 aliphatic heterocycles. The molecule has 1 aromatic carbocycles. The summed E-state index contributed by atoms with van der Waals surface area (Å²) in [7, 11) is 1.66. The van der Waals surface area contributed by atoms with Crippen molar-refractivity contribution in [2.24, 2.45) is 0 Å². The molecule has 0 fully saturated rings. The maximum atomic E-state index is 13.0. The molecule has 7 nitrogen and oxygen atoms in total. The van der Waals surface area contributed by atoms with Gasteiger partial charge < -0.3 is 14.1 Å². The van der Waals surface area contributed by atoms with E-state index in [4.69, 9.17) is 9.15 Å². The summed E-state index contributed by atoms with van der Waals surface area (Å²) < 4.78 is 12.7. The number of aromatic nitrogens is 3. The fraction of sp³-hybridized carbons (Fsp3) is 0.318. The summed E-state index contributed by atoms with van der Waals surface area (Å²) in [6.45, 7) is 7.00. The molecule has 1 amide bonds. The molecule has 1 aliphatic rings. The van der Waals surface area contributed by atoms with Crippen molar-refractivity contribution in [2.75, 3.05) is 24.3 Å². The second kappa shape index (κ2) is 8.79. The zero-order valence-electron chi connectivity index (χ0n) is 17.1. The smallest absolute Gasteiger partial charge is 0.237 e. The highest BCUT2D eigenvalue weighted by Gasteiger charge is 2.24. The lowest BCUT2D eigenvalue weighted by molar-refractivity contribution is -0.116. The van der Waals surface area contributed by atoms with Crippen LogP contribution in [0.4, 0.5) is 5.69 Å². The molecule has 0 N–H and O–H groups in total. The number of fused-ring (bicyclic) bond motifs is 1. The third-order valence-corrected chi connectivity index (χ3v) is 6.11. The van der Waals surface area contributed by atoms with Gasteiger partial charge in [-0.2, -0.15) is 0 Å². The van der Waals surface area contributed by atoms with Gasteiger partial charge in [0.1, 0.15) is 11.5 Å². The molecule has 156 valence electrons. The first kappa shape index (κ1) is 20.3. The molecular formula is C22H24N4O3S. The molecule has 0 saturated heterocycles. The number of carbonyl (C=O) groups excluding carboxylic acids is 1. The molecule has 2 aromatic heterocycles. The number of hydrogen-bond acceptors (Lipinski definition) is 6. The van der Waals surface area contributed by atoms with Crippen LogP contribution in [0.3, 0.4) is 0 Å². The van der Waals surface area contributed by atoms with Crippen molar-refractivity contribution in [1.82, 2.24) is 14.8 Å². The van der Waals surface area contributed by atoms with Gasteiger partial charge in [-0.15, -0.1) is 16.8 Å². The first-order chi connectivity index (χ1) is 14.6. The molecule has 0 bridgehead atoms. The van der Waals surface area contributed by atoms with E-state index in [2.05, 4.69) is 16.8 Å². The summed E-state index contributed by atoms with van der Waals surface area (Å²) in [5.74, 6) is 2.65. The number of anilines is 1. The third kappa shape index (κ3) is 3.87. The highest BCUT2D eigenvalue weighted by molar-refractivity contribution is 7.99. The molecule has 0 atom stereocenters. The maximum Gasteiger partial charge on any atom is 0.237 e. The van der Waals surface area contributed by atoms with Gasteiger partial charge in [0, 0.05) is 18.8 Å². The second-order valence-corrected chi connectivity index (χ2v) is 7.97. The highest BCUT2D eigenvalue weighted by Crippen LogP contribution is 2.32. The second-order valence-electron chi connectivity index (χ2n) is 7.03. The van der Waals surface area contributed by atoms with Crippen LogP contribution in [0.25, 0.3) is 11.4 Å². The van der Waals surface area contributed by atoms with Crippen LogP contribution in [0.1, 0.15) is 17.7 Å². The summed E-state index contributed by atoms with van der Waals surface area (Å²) in [6.07, 6.45) is 5.32. The normalized spacial score (nSPS) is 13.2. The number of carbonyl (C=O) groups is 1. The van der Waals surface area contributed by atoms with Crippen LogP contribution in [-0.2, 0) is 17.8 Å². The minimum absolute atomic E-state index is 0.0558. The topological polar surface area (TPSA) is 73.4 Å². The highest BCUT2D eigenvalue weighted by atomic mass is 32.2. The molecule has 0 aliphatic carbocycles. The van der Waals surface area contributed by atoms with E-state index in [-0.39, 0.29) is 11.7 Å². The van der Waals surface area contributed by atoms with Crippen LogP contribution in [0.15, 0.2) is 52.8 Å². The number of aryl methyl sites for hydroxylation is 2. The van der Waals surface area contributed by atoms with Gasteiger partial charge in [-0.3, -0.25) is 9.36 Å². The van der Waals surface area contributed by atoms with Gasteiger partial charge in [0.15, 0.2) is 11.0 Å². The average molecular weight is 425 g/mol. The Labute approximate surface area is 179 Å². The van der Waals surface area contributed by atoms with Crippen molar-refractivity contribution in [3.05, 3.63) is 54.5 Å². The van der Waals surface area contributed by atoms with Crippen LogP contribution >= 0.6 is 11.8 Å². The Bertz CT molecular complexity index is 1070. The summed E-state index contributed by atoms with van der Waals surface area (Å²) >= 11 is 1.39. The van der Waals surface area contributed by atoms with E-state index in [1.807, 2.05) is 40.7 Å². The van der Waals surface area contributed by atoms with Gasteiger partial charge in [-0.25, -0.2) is 0 Å². The lowest BCUT2D eigenvalue weighted by Gasteiger charge is -2.29. The molecule has 8 heteroatoms. The van der Waals surface area contributed by atoms with Gasteiger partial charge in [0.25, 0.3) is 0 Å². The van der Waals surface area contributed by atoms with Gasteiger partial charge in [0.05, 0.1) is 24.7 Å². The zero-order chi connectivity index (χ0) is 21.1. The van der Waals surface area contributed by atoms with Gasteiger partial charge in [-0.1, -0.05) is 17.8 Å². The summed E-state index contributed by atoms with van der Waals surface area (Å²) in [4.78, 5) is 14.9. The Balaban J connectivity index is 1.52. The zero-order valence-corrected chi connectivity index (χ0v) is 17.9. The number of nitrogens with zero attached hydrogens (tertiary/aromatic N) is 4. The Morgan fingerprint density at radius 3 is 2.97 bits per heavy atom. The Hall–Kier alpha value is -3.00. The van der Waals surface area contributed by atoms with Crippen molar-refractivity contribution in [3.8, 4) is 17.1 Å². The van der Waals surface area contributed by atoms with Crippen molar-refractivity contribution >= 4 is 23.4 Å². The van der Waals surface area contributed by atoms with Crippen LogP contribution in [0.2, 0.25) is 0 Å². The number of furan rings is 1. The third-order valence-electron chi connectivity index (χ3n) is 5.16. The van der Waals surface area contributed by atoms with Crippen molar-refractivity contribution in [2.45, 2.75) is 31.5 Å². The molecular weight excluding hydrogens is 400 g/mol. The maximum absolute atomic E-state index is 13.0. The van der Waals surface area contributed by atoms with E-state index in [0.29, 0.717) is 17.5 Å². The van der Waals surface area contributed by atoms with Crippen molar-refractivity contribution in [1.29, 1.82) is 0 Å². The molecule has 4 rings (SSSR count). The van der Waals surface area contributed by atoms with E-state index in [0.717, 1.165) is 47.7 Å². The lowest BCUT2D eigenvalue weighted by Crippen LogP contribution is -2.36. The molecule has 3 heterocycles. The van der Waals surface area contributed by atoms with E-state index in [1.54, 1.807) is 19.4 Å². The molecule has 0 saturated carbocycles. The monoisotopic (exact) mass is 424 g/mol. The Morgan fingerprint density at radius 1 is 1.37 bits per heavy atom. The number of amides is 1. The number of hydrogen-bond donors (Lipinski definition) is 0. The number of thioether (sulfide) groups is 1. The first-order valence-electron chi connectivity index (χ1n) is 9.81. The number of allylic oxidation sites excluding steroid dienone is 1. The van der Waals surface area contributed by atoms with E-state index >= 15 is 0 Å². The molecule has 0 unspecified atom stereocenters. The van der Waals surface area contributed by atoms with Gasteiger partial charge in [-0.05, 0) is 49.6 Å². The SMILES string of the molecule is C=CCn1c(SCC(=O)N2CCCc3cc(OC)ccc32)nnc1-c1ccoc1C. The number of methoxy groups -OCH3 is 1. The fourth-order valence-electron chi connectivity index (χ4n) is 3.67. The molecule has 0 radical (unpaired) electrons.